The number of sulfonamides is 1. The summed E-state index contributed by atoms with van der Waals surface area (Å²) in [6, 6.07) is 4.90. The summed E-state index contributed by atoms with van der Waals surface area (Å²) >= 11 is 5.75. The van der Waals surface area contributed by atoms with E-state index in [1.807, 2.05) is 4.72 Å². The Balaban J connectivity index is 2.47. The summed E-state index contributed by atoms with van der Waals surface area (Å²) in [7, 11) is -3.28. The van der Waals surface area contributed by atoms with E-state index in [0.29, 0.717) is 12.1 Å². The molecule has 0 heterocycles. The Morgan fingerprint density at radius 1 is 1.19 bits per heavy atom. The van der Waals surface area contributed by atoms with Crippen molar-refractivity contribution in [3.8, 4) is 5.75 Å². The fraction of sp³-hybridized carbons (Fsp3) is 0.143. The highest BCUT2D eigenvalue weighted by molar-refractivity contribution is 7.92. The number of benzene rings is 2. The molecule has 0 aromatic heterocycles. The lowest BCUT2D eigenvalue weighted by Crippen LogP contribution is -2.15. The van der Waals surface area contributed by atoms with Gasteiger partial charge in [-0.3, -0.25) is 14.8 Å². The first-order chi connectivity index (χ1) is 12.0. The molecule has 0 radical (unpaired) electrons. The van der Waals surface area contributed by atoms with Crippen molar-refractivity contribution < 1.29 is 31.2 Å². The molecule has 0 aliphatic carbocycles. The molecule has 12 heteroatoms. The minimum atomic E-state index is -4.70. The van der Waals surface area contributed by atoms with Gasteiger partial charge in [-0.25, -0.2) is 8.42 Å². The summed E-state index contributed by atoms with van der Waals surface area (Å²) in [6.07, 6.45) is -4.70. The van der Waals surface area contributed by atoms with Crippen molar-refractivity contribution in [1.82, 2.24) is 0 Å². The van der Waals surface area contributed by atoms with Crippen molar-refractivity contribution in [3.05, 3.63) is 57.1 Å². The van der Waals surface area contributed by atoms with Gasteiger partial charge < -0.3 is 4.74 Å². The maximum absolute atomic E-state index is 12.8. The maximum Gasteiger partial charge on any atom is 0.416 e. The number of alkyl halides is 3. The average Bonchev–Trinajstić information content (AvgIpc) is 2.54. The van der Waals surface area contributed by atoms with Crippen LogP contribution in [0.4, 0.5) is 24.5 Å². The van der Waals surface area contributed by atoms with Crippen molar-refractivity contribution in [2.75, 3.05) is 11.8 Å². The predicted molar refractivity (Wildman–Crippen MR) is 86.9 cm³/mol. The molecule has 0 aliphatic heterocycles. The van der Waals surface area contributed by atoms with Gasteiger partial charge in [-0.15, -0.1) is 0 Å². The number of nitrogens with zero attached hydrogens (tertiary/aromatic N) is 1. The van der Waals surface area contributed by atoms with Crippen LogP contribution >= 0.6 is 11.6 Å². The Bertz CT molecular complexity index is 964. The fourth-order valence-corrected chi connectivity index (χ4v) is 3.27. The smallest absolute Gasteiger partial charge is 0.416 e. The standard InChI is InChI=1S/C14H10ClF3N2O5S/c1-25-13-5-3-9(7-12(13)20(21)22)26(23,24)19-11-6-8(14(16,17)18)2-4-10(11)15/h2-7,19H,1H3. The normalized spacial score (nSPS) is 11.9. The quantitative estimate of drug-likeness (QED) is 0.591. The average molecular weight is 411 g/mol. The lowest BCUT2D eigenvalue weighted by atomic mass is 10.2. The molecule has 0 fully saturated rings. The largest absolute Gasteiger partial charge is 0.490 e. The van der Waals surface area contributed by atoms with Crippen molar-refractivity contribution in [3.63, 3.8) is 0 Å². The van der Waals surface area contributed by atoms with Gasteiger partial charge in [0, 0.05) is 6.07 Å². The van der Waals surface area contributed by atoms with E-state index in [-0.39, 0.29) is 10.8 Å². The molecular weight excluding hydrogens is 401 g/mol. The zero-order valence-electron chi connectivity index (χ0n) is 12.9. The topological polar surface area (TPSA) is 98.5 Å². The van der Waals surface area contributed by atoms with Gasteiger partial charge in [0.25, 0.3) is 10.0 Å². The summed E-state index contributed by atoms with van der Waals surface area (Å²) in [6.45, 7) is 0. The minimum Gasteiger partial charge on any atom is -0.490 e. The number of hydrogen-bond donors (Lipinski definition) is 1. The van der Waals surface area contributed by atoms with Crippen LogP contribution in [-0.4, -0.2) is 20.5 Å². The Labute approximate surface area is 150 Å². The highest BCUT2D eigenvalue weighted by atomic mass is 35.5. The molecule has 2 aromatic rings. The molecule has 2 aromatic carbocycles. The van der Waals surface area contributed by atoms with Crippen LogP contribution in [0.15, 0.2) is 41.3 Å². The summed E-state index contributed by atoms with van der Waals surface area (Å²) in [5, 5.41) is 10.7. The molecule has 0 aliphatic rings. The lowest BCUT2D eigenvalue weighted by Gasteiger charge is -2.13. The van der Waals surface area contributed by atoms with Gasteiger partial charge in [0.1, 0.15) is 0 Å². The Kier molecular flexibility index (Phi) is 5.33. The molecular formula is C14H10ClF3N2O5S. The number of hydrogen-bond acceptors (Lipinski definition) is 5. The summed E-state index contributed by atoms with van der Waals surface area (Å²) in [5.41, 5.74) is -2.24. The van der Waals surface area contributed by atoms with Gasteiger partial charge in [-0.2, -0.15) is 13.2 Å². The zero-order chi connectivity index (χ0) is 19.7. The molecule has 140 valence electrons. The summed E-state index contributed by atoms with van der Waals surface area (Å²) < 4.78 is 69.7. The number of methoxy groups -OCH3 is 1. The third-order valence-electron chi connectivity index (χ3n) is 3.20. The molecule has 26 heavy (non-hydrogen) atoms. The molecule has 7 nitrogen and oxygen atoms in total. The first-order valence-electron chi connectivity index (χ1n) is 6.67. The van der Waals surface area contributed by atoms with Crippen LogP contribution in [0.25, 0.3) is 0 Å². The number of ether oxygens (including phenoxy) is 1. The molecule has 0 saturated heterocycles. The molecule has 0 atom stereocenters. The second-order valence-electron chi connectivity index (χ2n) is 4.89. The van der Waals surface area contributed by atoms with Gasteiger partial charge in [0.05, 0.1) is 33.2 Å². The lowest BCUT2D eigenvalue weighted by molar-refractivity contribution is -0.386. The van der Waals surface area contributed by atoms with Crippen LogP contribution < -0.4 is 9.46 Å². The van der Waals surface area contributed by atoms with Crippen LogP contribution in [-0.2, 0) is 16.2 Å². The highest BCUT2D eigenvalue weighted by Crippen LogP contribution is 2.35. The van der Waals surface area contributed by atoms with Crippen molar-refractivity contribution in [2.45, 2.75) is 11.1 Å². The fourth-order valence-electron chi connectivity index (χ4n) is 1.96. The highest BCUT2D eigenvalue weighted by Gasteiger charge is 2.31. The third-order valence-corrected chi connectivity index (χ3v) is 4.89. The van der Waals surface area contributed by atoms with Crippen molar-refractivity contribution in [2.24, 2.45) is 0 Å². The van der Waals surface area contributed by atoms with E-state index in [2.05, 4.69) is 0 Å². The summed E-state index contributed by atoms with van der Waals surface area (Å²) in [4.78, 5) is 9.60. The molecule has 1 N–H and O–H groups in total. The van der Waals surface area contributed by atoms with E-state index < -0.39 is 43.0 Å². The number of nitrogens with one attached hydrogen (secondary N) is 1. The van der Waals surface area contributed by atoms with Gasteiger partial charge in [-0.1, -0.05) is 11.6 Å². The molecule has 2 rings (SSSR count). The van der Waals surface area contributed by atoms with E-state index >= 15 is 0 Å². The first-order valence-corrected chi connectivity index (χ1v) is 8.54. The van der Waals surface area contributed by atoms with E-state index in [9.17, 15) is 31.7 Å². The summed E-state index contributed by atoms with van der Waals surface area (Å²) in [5.74, 6) is -0.175. The second kappa shape index (κ2) is 7.00. The Hall–Kier alpha value is -2.53. The van der Waals surface area contributed by atoms with E-state index in [1.165, 1.54) is 0 Å². The Morgan fingerprint density at radius 3 is 2.38 bits per heavy atom. The van der Waals surface area contributed by atoms with E-state index in [1.54, 1.807) is 0 Å². The third kappa shape index (κ3) is 4.17. The van der Waals surface area contributed by atoms with Gasteiger partial charge in [0.2, 0.25) is 0 Å². The van der Waals surface area contributed by atoms with Crippen LogP contribution in [0.2, 0.25) is 5.02 Å². The van der Waals surface area contributed by atoms with Gasteiger partial charge >= 0.3 is 11.9 Å². The maximum atomic E-state index is 12.8. The monoisotopic (exact) mass is 410 g/mol. The van der Waals surface area contributed by atoms with Gasteiger partial charge in [0.15, 0.2) is 5.75 Å². The van der Waals surface area contributed by atoms with E-state index in [0.717, 1.165) is 31.4 Å². The molecule has 0 amide bonds. The van der Waals surface area contributed by atoms with Crippen LogP contribution in [0.5, 0.6) is 5.75 Å². The van der Waals surface area contributed by atoms with Crippen molar-refractivity contribution >= 4 is 33.0 Å². The second-order valence-corrected chi connectivity index (χ2v) is 6.98. The molecule has 0 bridgehead atoms. The molecule has 0 unspecified atom stereocenters. The number of nitro benzene ring substituents is 1. The van der Waals surface area contributed by atoms with Gasteiger partial charge in [-0.05, 0) is 30.3 Å². The number of anilines is 1. The number of halogens is 4. The number of nitro groups is 1. The van der Waals surface area contributed by atoms with Crippen LogP contribution in [0.3, 0.4) is 0 Å². The zero-order valence-corrected chi connectivity index (χ0v) is 14.4. The number of rotatable bonds is 5. The SMILES string of the molecule is COc1ccc(S(=O)(=O)Nc2cc(C(F)(F)F)ccc2Cl)cc1[N+](=O)[O-]. The Morgan fingerprint density at radius 2 is 1.85 bits per heavy atom. The van der Waals surface area contributed by atoms with Crippen LogP contribution in [0.1, 0.15) is 5.56 Å². The van der Waals surface area contributed by atoms with E-state index in [4.69, 9.17) is 16.3 Å². The van der Waals surface area contributed by atoms with Crippen LogP contribution in [0, 0.1) is 10.1 Å². The molecule has 0 saturated carbocycles. The van der Waals surface area contributed by atoms with Crippen molar-refractivity contribution in [1.29, 1.82) is 0 Å². The molecule has 0 spiro atoms. The first kappa shape index (κ1) is 19.8. The predicted octanol–water partition coefficient (Wildman–Crippen LogP) is 4.08. The minimum absolute atomic E-state index is 0.175.